The van der Waals surface area contributed by atoms with Crippen LogP contribution < -0.4 is 5.32 Å². The van der Waals surface area contributed by atoms with Crippen LogP contribution in [0.1, 0.15) is 41.5 Å². The number of nitrogens with one attached hydrogen (secondary N) is 1. The highest BCUT2D eigenvalue weighted by atomic mass is 16.4. The third kappa shape index (κ3) is 4.31. The second-order valence-corrected chi connectivity index (χ2v) is 5.43. The van der Waals surface area contributed by atoms with Crippen molar-refractivity contribution >= 4 is 17.8 Å². The number of carboxylic acids is 1. The zero-order valence-corrected chi connectivity index (χ0v) is 13.3. The van der Waals surface area contributed by atoms with Crippen molar-refractivity contribution in [3.05, 3.63) is 35.4 Å². The molecule has 1 rings (SSSR count). The van der Waals surface area contributed by atoms with Crippen molar-refractivity contribution in [2.75, 3.05) is 13.6 Å². The van der Waals surface area contributed by atoms with E-state index in [1.807, 2.05) is 6.92 Å². The van der Waals surface area contributed by atoms with Gasteiger partial charge < -0.3 is 15.3 Å². The van der Waals surface area contributed by atoms with Gasteiger partial charge in [0.2, 0.25) is 0 Å². The first-order valence-electron chi connectivity index (χ1n) is 7.17. The Morgan fingerprint density at radius 2 is 1.82 bits per heavy atom. The lowest BCUT2D eigenvalue weighted by Crippen LogP contribution is -2.44. The molecule has 0 heterocycles. The van der Waals surface area contributed by atoms with E-state index in [4.69, 9.17) is 5.11 Å². The van der Waals surface area contributed by atoms with Crippen molar-refractivity contribution in [1.29, 1.82) is 0 Å². The molecule has 6 nitrogen and oxygen atoms in total. The summed E-state index contributed by atoms with van der Waals surface area (Å²) in [5.74, 6) is -2.01. The minimum atomic E-state index is -1.08. The minimum absolute atomic E-state index is 0.184. The molecular weight excluding hydrogens is 284 g/mol. The summed E-state index contributed by atoms with van der Waals surface area (Å²) in [6, 6.07) is 5.30. The van der Waals surface area contributed by atoms with Crippen LogP contribution in [0.25, 0.3) is 0 Å². The van der Waals surface area contributed by atoms with Crippen LogP contribution >= 0.6 is 0 Å². The van der Waals surface area contributed by atoms with E-state index in [9.17, 15) is 14.4 Å². The van der Waals surface area contributed by atoms with Crippen molar-refractivity contribution in [2.45, 2.75) is 26.8 Å². The fraction of sp³-hybridized carbons (Fsp3) is 0.438. The zero-order valence-electron chi connectivity index (χ0n) is 13.3. The van der Waals surface area contributed by atoms with Crippen LogP contribution in [0.3, 0.4) is 0 Å². The largest absolute Gasteiger partial charge is 0.480 e. The van der Waals surface area contributed by atoms with Gasteiger partial charge in [0.05, 0.1) is 0 Å². The van der Waals surface area contributed by atoms with Crippen molar-refractivity contribution < 1.29 is 19.5 Å². The maximum Gasteiger partial charge on any atom is 0.326 e. The first-order valence-corrected chi connectivity index (χ1v) is 7.17. The highest BCUT2D eigenvalue weighted by Gasteiger charge is 2.24. The summed E-state index contributed by atoms with van der Waals surface area (Å²) in [6.45, 7) is 5.85. The molecule has 0 bridgehead atoms. The molecule has 1 aromatic carbocycles. The summed E-state index contributed by atoms with van der Waals surface area (Å²) < 4.78 is 0. The van der Waals surface area contributed by atoms with Gasteiger partial charge >= 0.3 is 5.97 Å². The molecule has 0 fully saturated rings. The number of aliphatic carboxylic acids is 1. The Balaban J connectivity index is 2.95. The van der Waals surface area contributed by atoms with E-state index in [0.717, 1.165) is 0 Å². The number of hydrogen-bond acceptors (Lipinski definition) is 3. The Hall–Kier alpha value is -2.37. The molecule has 2 N–H and O–H groups in total. The molecule has 120 valence electrons. The second-order valence-electron chi connectivity index (χ2n) is 5.43. The monoisotopic (exact) mass is 306 g/mol. The van der Waals surface area contributed by atoms with Gasteiger partial charge in [0, 0.05) is 24.7 Å². The molecule has 0 saturated heterocycles. The highest BCUT2D eigenvalue weighted by Crippen LogP contribution is 2.10. The van der Waals surface area contributed by atoms with Gasteiger partial charge in [0.25, 0.3) is 11.8 Å². The number of amides is 2. The Labute approximate surface area is 130 Å². The first-order chi connectivity index (χ1) is 10.3. The fourth-order valence-electron chi connectivity index (χ4n) is 1.90. The van der Waals surface area contributed by atoms with Gasteiger partial charge in [-0.15, -0.1) is 0 Å². The van der Waals surface area contributed by atoms with E-state index in [0.29, 0.717) is 12.1 Å². The van der Waals surface area contributed by atoms with E-state index in [2.05, 4.69) is 5.32 Å². The lowest BCUT2D eigenvalue weighted by Gasteiger charge is -2.18. The first kappa shape index (κ1) is 17.7. The van der Waals surface area contributed by atoms with Crippen LogP contribution in [0.15, 0.2) is 24.3 Å². The molecule has 0 spiro atoms. The van der Waals surface area contributed by atoms with E-state index >= 15 is 0 Å². The average molecular weight is 306 g/mol. The molecule has 22 heavy (non-hydrogen) atoms. The van der Waals surface area contributed by atoms with Crippen LogP contribution in [0, 0.1) is 5.92 Å². The number of hydrogen-bond donors (Lipinski definition) is 2. The third-order valence-corrected chi connectivity index (χ3v) is 3.41. The summed E-state index contributed by atoms with van der Waals surface area (Å²) in [6.07, 6.45) is 0. The van der Waals surface area contributed by atoms with Crippen molar-refractivity contribution in [3.63, 3.8) is 0 Å². The molecule has 1 atom stereocenters. The Kier molecular flexibility index (Phi) is 6.10. The Bertz CT molecular complexity index is 569. The molecule has 6 heteroatoms. The molecule has 0 aliphatic carbocycles. The summed E-state index contributed by atoms with van der Waals surface area (Å²) in [5, 5.41) is 11.6. The summed E-state index contributed by atoms with van der Waals surface area (Å²) >= 11 is 0. The maximum atomic E-state index is 12.2. The van der Waals surface area contributed by atoms with Gasteiger partial charge in [-0.05, 0) is 31.0 Å². The summed E-state index contributed by atoms with van der Waals surface area (Å²) in [5.41, 5.74) is 0.663. The molecule has 0 unspecified atom stereocenters. The number of carbonyl (C=O) groups is 3. The lowest BCUT2D eigenvalue weighted by molar-refractivity contribution is -0.140. The number of rotatable bonds is 6. The van der Waals surface area contributed by atoms with Gasteiger partial charge in [-0.2, -0.15) is 0 Å². The number of carboxylic acid groups (broad SMARTS) is 1. The van der Waals surface area contributed by atoms with E-state index in [1.54, 1.807) is 39.1 Å². The second kappa shape index (κ2) is 7.59. The third-order valence-electron chi connectivity index (χ3n) is 3.41. The molecule has 0 aliphatic heterocycles. The van der Waals surface area contributed by atoms with Gasteiger partial charge in [-0.1, -0.05) is 19.9 Å². The summed E-state index contributed by atoms with van der Waals surface area (Å²) in [7, 11) is 1.67. The Morgan fingerprint density at radius 1 is 1.23 bits per heavy atom. The topological polar surface area (TPSA) is 86.7 Å². The molecular formula is C16H22N2O4. The Morgan fingerprint density at radius 3 is 2.32 bits per heavy atom. The quantitative estimate of drug-likeness (QED) is 0.836. The van der Waals surface area contributed by atoms with Gasteiger partial charge in [0.15, 0.2) is 0 Å². The van der Waals surface area contributed by atoms with E-state index in [1.165, 1.54) is 11.0 Å². The van der Waals surface area contributed by atoms with Crippen LogP contribution in [0.2, 0.25) is 0 Å². The fourth-order valence-corrected chi connectivity index (χ4v) is 1.90. The predicted molar refractivity (Wildman–Crippen MR) is 82.8 cm³/mol. The molecule has 0 saturated carbocycles. The van der Waals surface area contributed by atoms with E-state index in [-0.39, 0.29) is 17.4 Å². The molecule has 0 aliphatic rings. The van der Waals surface area contributed by atoms with Crippen molar-refractivity contribution in [3.8, 4) is 0 Å². The number of nitrogens with zero attached hydrogens (tertiary/aromatic N) is 1. The van der Waals surface area contributed by atoms with Crippen LogP contribution in [-0.2, 0) is 4.79 Å². The normalized spacial score (nSPS) is 11.9. The van der Waals surface area contributed by atoms with Gasteiger partial charge in [-0.3, -0.25) is 9.59 Å². The van der Waals surface area contributed by atoms with Crippen molar-refractivity contribution in [2.24, 2.45) is 5.92 Å². The molecule has 0 aromatic heterocycles. The highest BCUT2D eigenvalue weighted by molar-refractivity contribution is 6.00. The smallest absolute Gasteiger partial charge is 0.326 e. The molecule has 1 aromatic rings. The minimum Gasteiger partial charge on any atom is -0.480 e. The zero-order chi connectivity index (χ0) is 16.9. The SMILES string of the molecule is CCN(C)C(=O)c1cccc(C(=O)N[C@H](C(=O)O)C(C)C)c1. The lowest BCUT2D eigenvalue weighted by atomic mass is 10.0. The van der Waals surface area contributed by atoms with Gasteiger partial charge in [0.1, 0.15) is 6.04 Å². The van der Waals surface area contributed by atoms with Crippen LogP contribution in [0.4, 0.5) is 0 Å². The van der Waals surface area contributed by atoms with Gasteiger partial charge in [-0.25, -0.2) is 4.79 Å². The summed E-state index contributed by atoms with van der Waals surface area (Å²) in [4.78, 5) is 36.9. The molecule has 2 amide bonds. The average Bonchev–Trinajstić information content (AvgIpc) is 2.50. The van der Waals surface area contributed by atoms with Crippen LogP contribution in [-0.4, -0.2) is 47.4 Å². The van der Waals surface area contributed by atoms with Crippen molar-refractivity contribution in [1.82, 2.24) is 10.2 Å². The number of carbonyl (C=O) groups excluding carboxylic acids is 2. The predicted octanol–water partition coefficient (Wildman–Crippen LogP) is 1.62. The van der Waals surface area contributed by atoms with Crippen LogP contribution in [0.5, 0.6) is 0 Å². The standard InChI is InChI=1S/C16H22N2O4/c1-5-18(4)15(20)12-8-6-7-11(9-12)14(19)17-13(10(2)3)16(21)22/h6-10,13H,5H2,1-4H3,(H,17,19)(H,21,22)/t13-/m0/s1. The van der Waals surface area contributed by atoms with E-state index < -0.39 is 17.9 Å². The molecule has 0 radical (unpaired) electrons. The maximum absolute atomic E-state index is 12.2. The number of benzene rings is 1.